The van der Waals surface area contributed by atoms with Crippen LogP contribution in [0.2, 0.25) is 0 Å². The maximum atomic E-state index is 14.4. The van der Waals surface area contributed by atoms with Crippen molar-refractivity contribution in [3.8, 4) is 11.6 Å². The molecule has 0 bridgehead atoms. The van der Waals surface area contributed by atoms with Crippen molar-refractivity contribution in [2.75, 3.05) is 28.6 Å². The molecular formula is C27H37F3N8O2. The van der Waals surface area contributed by atoms with Gasteiger partial charge in [0.05, 0.1) is 0 Å². The maximum absolute atomic E-state index is 14.4. The molecule has 3 aliphatic carbocycles. The number of piperidine rings is 1. The molecule has 1 saturated heterocycles. The molecule has 4 fully saturated rings. The Bertz CT molecular complexity index is 1300. The van der Waals surface area contributed by atoms with Crippen molar-refractivity contribution in [3.63, 3.8) is 0 Å². The smallest absolute Gasteiger partial charge is 0.365 e. The molecule has 4 heterocycles. The third-order valence-corrected chi connectivity index (χ3v) is 10.0. The van der Waals surface area contributed by atoms with E-state index in [2.05, 4.69) is 44.5 Å². The summed E-state index contributed by atoms with van der Waals surface area (Å²) in [6.07, 6.45) is 3.43. The monoisotopic (exact) mass is 562 g/mol. The third kappa shape index (κ3) is 4.63. The normalized spacial score (nSPS) is 32.8. The molecule has 3 saturated carbocycles. The number of nitrogens with zero attached hydrogens (tertiary/aromatic N) is 5. The van der Waals surface area contributed by atoms with Crippen molar-refractivity contribution in [2.24, 2.45) is 29.6 Å². The van der Waals surface area contributed by atoms with Gasteiger partial charge in [-0.25, -0.2) is 14.8 Å². The first-order chi connectivity index (χ1) is 19.2. The minimum atomic E-state index is -4.31. The Morgan fingerprint density at radius 1 is 1.15 bits per heavy atom. The van der Waals surface area contributed by atoms with Gasteiger partial charge >= 0.3 is 11.9 Å². The minimum Gasteiger partial charge on any atom is -0.365 e. The number of hydrogen-bond acceptors (Lipinski definition) is 9. The topological polar surface area (TPSA) is 115 Å². The lowest BCUT2D eigenvalue weighted by atomic mass is 9.80. The van der Waals surface area contributed by atoms with E-state index in [0.29, 0.717) is 54.6 Å². The molecule has 0 radical (unpaired) electrons. The van der Waals surface area contributed by atoms with E-state index in [0.717, 1.165) is 38.5 Å². The maximum Gasteiger partial charge on any atom is 0.439 e. The quantitative estimate of drug-likeness (QED) is 0.444. The zero-order chi connectivity index (χ0) is 27.8. The molecule has 0 amide bonds. The average molecular weight is 563 g/mol. The Kier molecular flexibility index (Phi) is 6.28. The summed E-state index contributed by atoms with van der Waals surface area (Å²) in [6.45, 7) is 5.42. The number of H-pyrrole nitrogens is 1. The lowest BCUT2D eigenvalue weighted by Crippen LogP contribution is -2.58. The summed E-state index contributed by atoms with van der Waals surface area (Å²) < 4.78 is 47.9. The average Bonchev–Trinajstić information content (AvgIpc) is 3.17. The Balaban J connectivity index is 1.29. The summed E-state index contributed by atoms with van der Waals surface area (Å²) in [5, 5.41) is 10.7. The predicted octanol–water partition coefficient (Wildman–Crippen LogP) is 4.64. The van der Waals surface area contributed by atoms with E-state index < -0.39 is 24.3 Å². The number of likely N-dealkylation sites (tertiary alicyclic amines) is 1. The fourth-order valence-electron chi connectivity index (χ4n) is 7.38. The van der Waals surface area contributed by atoms with E-state index in [4.69, 9.17) is 9.51 Å². The van der Waals surface area contributed by atoms with Crippen LogP contribution in [0.4, 0.5) is 30.5 Å². The van der Waals surface area contributed by atoms with Crippen LogP contribution in [0.5, 0.6) is 0 Å². The van der Waals surface area contributed by atoms with Crippen LogP contribution in [0.15, 0.2) is 9.32 Å². The number of halogens is 3. The molecular weight excluding hydrogens is 525 g/mol. The SMILES string of the molecule is CC1CCC(CN2c3c(nc(-c4noc(=O)[nH]4)nc3N[C@H](C)C3CCC3)NC2N2CC3CC3C2C(F)(F)F)CC1. The predicted molar refractivity (Wildman–Crippen MR) is 143 cm³/mol. The lowest BCUT2D eigenvalue weighted by Gasteiger charge is -2.41. The van der Waals surface area contributed by atoms with Gasteiger partial charge < -0.3 is 15.5 Å². The van der Waals surface area contributed by atoms with Gasteiger partial charge in [0.2, 0.25) is 11.6 Å². The van der Waals surface area contributed by atoms with Gasteiger partial charge in [-0.3, -0.25) is 14.4 Å². The lowest BCUT2D eigenvalue weighted by molar-refractivity contribution is -0.186. The van der Waals surface area contributed by atoms with Gasteiger partial charge in [-0.15, -0.1) is 0 Å². The van der Waals surface area contributed by atoms with Gasteiger partial charge in [0, 0.05) is 19.1 Å². The molecule has 3 N–H and O–H groups in total. The van der Waals surface area contributed by atoms with Gasteiger partial charge in [0.1, 0.15) is 11.7 Å². The minimum absolute atomic E-state index is 0.0765. The van der Waals surface area contributed by atoms with Crippen LogP contribution in [0.3, 0.4) is 0 Å². The molecule has 218 valence electrons. The van der Waals surface area contributed by atoms with Crippen molar-refractivity contribution in [2.45, 2.75) is 89.8 Å². The molecule has 2 aromatic heterocycles. The van der Waals surface area contributed by atoms with E-state index in [9.17, 15) is 18.0 Å². The Hall–Kier alpha value is -2.83. The fraction of sp³-hybridized carbons (Fsp3) is 0.778. The number of hydrogen-bond donors (Lipinski definition) is 3. The van der Waals surface area contributed by atoms with Gasteiger partial charge in [0.15, 0.2) is 17.9 Å². The van der Waals surface area contributed by atoms with Crippen LogP contribution in [0.25, 0.3) is 11.6 Å². The Morgan fingerprint density at radius 3 is 2.58 bits per heavy atom. The summed E-state index contributed by atoms with van der Waals surface area (Å²) >= 11 is 0. The third-order valence-electron chi connectivity index (χ3n) is 10.0. The first kappa shape index (κ1) is 26.1. The molecule has 0 aromatic carbocycles. The molecule has 5 atom stereocenters. The van der Waals surface area contributed by atoms with Gasteiger partial charge in [0.25, 0.3) is 0 Å². The van der Waals surface area contributed by atoms with E-state index in [1.54, 1.807) is 4.90 Å². The second kappa shape index (κ2) is 9.63. The molecule has 2 aliphatic heterocycles. The van der Waals surface area contributed by atoms with E-state index in [1.165, 1.54) is 6.42 Å². The van der Waals surface area contributed by atoms with Crippen molar-refractivity contribution >= 4 is 17.3 Å². The van der Waals surface area contributed by atoms with Crippen LogP contribution in [0.1, 0.15) is 65.2 Å². The zero-order valence-electron chi connectivity index (χ0n) is 22.9. The van der Waals surface area contributed by atoms with Gasteiger partial charge in [-0.1, -0.05) is 31.3 Å². The van der Waals surface area contributed by atoms with Crippen LogP contribution >= 0.6 is 0 Å². The van der Waals surface area contributed by atoms with Crippen LogP contribution in [-0.2, 0) is 0 Å². The Morgan fingerprint density at radius 2 is 1.93 bits per heavy atom. The van der Waals surface area contributed by atoms with Crippen molar-refractivity contribution < 1.29 is 17.7 Å². The standard InChI is InChI=1S/C27H37F3N8O2/c1-13-6-8-15(9-7-13)11-37-19-21(31-14(2)16-4-3-5-16)32-23(24-35-26(39)40-36-24)33-22(19)34-25(37)38-12-17-10-18(17)20(38)27(28,29)30/h13-18,20,25H,3-12H2,1-2H3,(H,35,36,39)(H2,31,32,33,34)/t13?,14-,15?,17?,18?,20?,25?/m1/s1. The highest BCUT2D eigenvalue weighted by atomic mass is 19.4. The van der Waals surface area contributed by atoms with Crippen LogP contribution < -0.4 is 21.3 Å². The first-order valence-electron chi connectivity index (χ1n) is 14.8. The van der Waals surface area contributed by atoms with Gasteiger partial charge in [-0.2, -0.15) is 13.2 Å². The molecule has 40 heavy (non-hydrogen) atoms. The van der Waals surface area contributed by atoms with Crippen LogP contribution in [0, 0.1) is 29.6 Å². The fourth-order valence-corrected chi connectivity index (χ4v) is 7.38. The number of rotatable bonds is 7. The number of aromatic amines is 1. The molecule has 2 aromatic rings. The number of aromatic nitrogens is 4. The molecule has 13 heteroatoms. The summed E-state index contributed by atoms with van der Waals surface area (Å²) in [7, 11) is 0. The van der Waals surface area contributed by atoms with Crippen molar-refractivity contribution in [1.82, 2.24) is 25.0 Å². The molecule has 4 unspecified atom stereocenters. The largest absolute Gasteiger partial charge is 0.439 e. The number of fused-ring (bicyclic) bond motifs is 2. The molecule has 10 nitrogen and oxygen atoms in total. The summed E-state index contributed by atoms with van der Waals surface area (Å²) in [6, 6.07) is -1.36. The highest BCUT2D eigenvalue weighted by Gasteiger charge is 2.64. The van der Waals surface area contributed by atoms with Crippen LogP contribution in [-0.4, -0.2) is 62.6 Å². The summed E-state index contributed by atoms with van der Waals surface area (Å²) in [4.78, 5) is 27.3. The summed E-state index contributed by atoms with van der Waals surface area (Å²) in [5.74, 6) is 1.80. The zero-order valence-corrected chi connectivity index (χ0v) is 22.9. The van der Waals surface area contributed by atoms with Crippen molar-refractivity contribution in [1.29, 1.82) is 0 Å². The highest BCUT2D eigenvalue weighted by Crippen LogP contribution is 2.56. The van der Waals surface area contributed by atoms with E-state index >= 15 is 0 Å². The highest BCUT2D eigenvalue weighted by molar-refractivity contribution is 5.84. The van der Waals surface area contributed by atoms with E-state index in [1.807, 2.05) is 0 Å². The molecule has 7 rings (SSSR count). The van der Waals surface area contributed by atoms with Crippen molar-refractivity contribution in [3.05, 3.63) is 10.6 Å². The van der Waals surface area contributed by atoms with Gasteiger partial charge in [-0.05, 0) is 68.6 Å². The second-order valence-electron chi connectivity index (χ2n) is 12.8. The summed E-state index contributed by atoms with van der Waals surface area (Å²) in [5.41, 5.74) is 0.700. The molecule has 0 spiro atoms. The first-order valence-corrected chi connectivity index (χ1v) is 14.8. The van der Waals surface area contributed by atoms with E-state index in [-0.39, 0.29) is 29.5 Å². The molecule has 5 aliphatic rings. The number of alkyl halides is 3. The second-order valence-corrected chi connectivity index (χ2v) is 12.8. The number of anilines is 3. The number of nitrogens with one attached hydrogen (secondary N) is 3. The Labute approximate surface area is 230 Å².